The fourth-order valence-corrected chi connectivity index (χ4v) is 2.45. The van der Waals surface area contributed by atoms with Gasteiger partial charge >= 0.3 is 0 Å². The maximum atomic E-state index is 9.71. The van der Waals surface area contributed by atoms with Crippen molar-refractivity contribution >= 4 is 11.0 Å². The molecule has 6 nitrogen and oxygen atoms in total. The van der Waals surface area contributed by atoms with Crippen LogP contribution in [0.1, 0.15) is 43.7 Å². The van der Waals surface area contributed by atoms with E-state index in [0.717, 1.165) is 23.3 Å². The first-order chi connectivity index (χ1) is 10.2. The van der Waals surface area contributed by atoms with Crippen molar-refractivity contribution in [2.75, 3.05) is 0 Å². The van der Waals surface area contributed by atoms with Gasteiger partial charge in [0, 0.05) is 0 Å². The Morgan fingerprint density at radius 1 is 1.29 bits per heavy atom. The number of H-pyrrole nitrogens is 1. The smallest absolute Gasteiger partial charge is 0.232 e. The van der Waals surface area contributed by atoms with E-state index in [1.165, 1.54) is 0 Å². The van der Waals surface area contributed by atoms with E-state index >= 15 is 0 Å². The van der Waals surface area contributed by atoms with E-state index in [1.54, 1.807) is 6.92 Å². The summed E-state index contributed by atoms with van der Waals surface area (Å²) >= 11 is 0. The van der Waals surface area contributed by atoms with Crippen LogP contribution in [0.2, 0.25) is 0 Å². The number of aromatic amines is 1. The summed E-state index contributed by atoms with van der Waals surface area (Å²) in [6, 6.07) is 7.85. The number of rotatable bonds is 5. The van der Waals surface area contributed by atoms with E-state index in [9.17, 15) is 5.11 Å². The lowest BCUT2D eigenvalue weighted by Crippen LogP contribution is -2.14. The lowest BCUT2D eigenvalue weighted by atomic mass is 10.0. The molecule has 0 amide bonds. The molecular weight excluding hydrogens is 268 g/mol. The molecule has 2 N–H and O–H groups in total. The normalized spacial score (nSPS) is 14.4. The summed E-state index contributed by atoms with van der Waals surface area (Å²) in [5.41, 5.74) is 1.92. The Balaban J connectivity index is 1.80. The van der Waals surface area contributed by atoms with E-state index in [0.29, 0.717) is 18.1 Å². The van der Waals surface area contributed by atoms with Crippen LogP contribution >= 0.6 is 0 Å². The van der Waals surface area contributed by atoms with E-state index in [2.05, 4.69) is 20.1 Å². The Kier molecular flexibility index (Phi) is 3.70. The minimum absolute atomic E-state index is 0.123. The van der Waals surface area contributed by atoms with E-state index in [-0.39, 0.29) is 5.92 Å². The number of aliphatic hydroxyl groups excluding tert-OH is 1. The Morgan fingerprint density at radius 2 is 2.10 bits per heavy atom. The number of para-hydroxylation sites is 2. The van der Waals surface area contributed by atoms with Crippen LogP contribution in [-0.4, -0.2) is 31.3 Å². The second kappa shape index (κ2) is 5.65. The standard InChI is InChI=1S/C15H18N4O2/c1-3-10(9(2)20)15-18-14(19-21-15)8-13-16-11-6-4-5-7-12(11)17-13/h4-7,9-10,20H,3,8H2,1-2H3,(H,16,17). The van der Waals surface area contributed by atoms with Gasteiger partial charge in [-0.25, -0.2) is 4.98 Å². The molecular formula is C15H18N4O2. The van der Waals surface area contributed by atoms with Gasteiger partial charge in [0.05, 0.1) is 29.5 Å². The van der Waals surface area contributed by atoms with Gasteiger partial charge in [-0.15, -0.1) is 0 Å². The maximum Gasteiger partial charge on any atom is 0.232 e. The molecule has 3 rings (SSSR count). The molecule has 3 aromatic rings. The van der Waals surface area contributed by atoms with Crippen molar-refractivity contribution in [2.24, 2.45) is 0 Å². The molecule has 2 aromatic heterocycles. The third-order valence-electron chi connectivity index (χ3n) is 3.59. The number of hydrogen-bond acceptors (Lipinski definition) is 5. The van der Waals surface area contributed by atoms with Gasteiger partial charge < -0.3 is 14.6 Å². The third kappa shape index (κ3) is 2.80. The van der Waals surface area contributed by atoms with Gasteiger partial charge in [0.1, 0.15) is 5.82 Å². The zero-order valence-corrected chi connectivity index (χ0v) is 12.1. The Bertz CT molecular complexity index is 699. The summed E-state index contributed by atoms with van der Waals surface area (Å²) in [6.07, 6.45) is 0.729. The van der Waals surface area contributed by atoms with Crippen molar-refractivity contribution in [3.05, 3.63) is 41.8 Å². The topological polar surface area (TPSA) is 87.8 Å². The summed E-state index contributed by atoms with van der Waals surface area (Å²) in [5, 5.41) is 13.7. The van der Waals surface area contributed by atoms with Crippen LogP contribution in [0.3, 0.4) is 0 Å². The molecule has 0 aliphatic rings. The van der Waals surface area contributed by atoms with Gasteiger partial charge in [-0.1, -0.05) is 24.2 Å². The molecule has 0 radical (unpaired) electrons. The highest BCUT2D eigenvalue weighted by Crippen LogP contribution is 2.22. The molecule has 2 atom stereocenters. The molecule has 6 heteroatoms. The minimum atomic E-state index is -0.505. The molecule has 0 saturated heterocycles. The van der Waals surface area contributed by atoms with Crippen LogP contribution in [0.5, 0.6) is 0 Å². The van der Waals surface area contributed by atoms with Crippen molar-refractivity contribution in [1.29, 1.82) is 0 Å². The summed E-state index contributed by atoms with van der Waals surface area (Å²) in [5.74, 6) is 1.73. The minimum Gasteiger partial charge on any atom is -0.393 e. The van der Waals surface area contributed by atoms with Crippen LogP contribution in [0.4, 0.5) is 0 Å². The van der Waals surface area contributed by atoms with Crippen molar-refractivity contribution < 1.29 is 9.63 Å². The van der Waals surface area contributed by atoms with Crippen molar-refractivity contribution in [3.63, 3.8) is 0 Å². The first-order valence-electron chi connectivity index (χ1n) is 7.11. The highest BCUT2D eigenvalue weighted by molar-refractivity contribution is 5.74. The number of fused-ring (bicyclic) bond motifs is 1. The van der Waals surface area contributed by atoms with Gasteiger partial charge in [0.2, 0.25) is 5.89 Å². The molecule has 0 saturated carbocycles. The first-order valence-corrected chi connectivity index (χ1v) is 7.11. The van der Waals surface area contributed by atoms with Crippen LogP contribution < -0.4 is 0 Å². The Hall–Kier alpha value is -2.21. The number of benzene rings is 1. The maximum absolute atomic E-state index is 9.71. The Morgan fingerprint density at radius 3 is 2.81 bits per heavy atom. The quantitative estimate of drug-likeness (QED) is 0.752. The molecule has 0 bridgehead atoms. The predicted molar refractivity (Wildman–Crippen MR) is 77.9 cm³/mol. The molecule has 110 valence electrons. The van der Waals surface area contributed by atoms with Gasteiger partial charge in [-0.3, -0.25) is 0 Å². The average molecular weight is 286 g/mol. The van der Waals surface area contributed by atoms with E-state index in [1.807, 2.05) is 31.2 Å². The van der Waals surface area contributed by atoms with Crippen LogP contribution in [0.25, 0.3) is 11.0 Å². The first kappa shape index (κ1) is 13.8. The molecule has 0 aliphatic heterocycles. The summed E-state index contributed by atoms with van der Waals surface area (Å²) in [4.78, 5) is 12.1. The fraction of sp³-hybridized carbons (Fsp3) is 0.400. The monoisotopic (exact) mass is 286 g/mol. The molecule has 0 spiro atoms. The number of imidazole rings is 1. The summed E-state index contributed by atoms with van der Waals surface area (Å²) in [6.45, 7) is 3.72. The lowest BCUT2D eigenvalue weighted by molar-refractivity contribution is 0.141. The number of nitrogens with one attached hydrogen (secondary N) is 1. The van der Waals surface area contributed by atoms with E-state index in [4.69, 9.17) is 4.52 Å². The molecule has 21 heavy (non-hydrogen) atoms. The predicted octanol–water partition coefficient (Wildman–Crippen LogP) is 2.41. The lowest BCUT2D eigenvalue weighted by Gasteiger charge is -2.12. The fourth-order valence-electron chi connectivity index (χ4n) is 2.45. The van der Waals surface area contributed by atoms with Gasteiger partial charge in [0.15, 0.2) is 5.82 Å². The van der Waals surface area contributed by atoms with Crippen molar-refractivity contribution in [1.82, 2.24) is 20.1 Å². The molecule has 0 fully saturated rings. The van der Waals surface area contributed by atoms with E-state index < -0.39 is 6.10 Å². The second-order valence-corrected chi connectivity index (χ2v) is 5.18. The zero-order valence-electron chi connectivity index (χ0n) is 12.1. The molecule has 2 unspecified atom stereocenters. The van der Waals surface area contributed by atoms with Crippen molar-refractivity contribution in [2.45, 2.75) is 38.7 Å². The number of hydrogen-bond donors (Lipinski definition) is 2. The second-order valence-electron chi connectivity index (χ2n) is 5.18. The highest BCUT2D eigenvalue weighted by atomic mass is 16.5. The average Bonchev–Trinajstić information content (AvgIpc) is 3.06. The summed E-state index contributed by atoms with van der Waals surface area (Å²) in [7, 11) is 0. The zero-order chi connectivity index (χ0) is 14.8. The van der Waals surface area contributed by atoms with Crippen LogP contribution in [0.15, 0.2) is 28.8 Å². The summed E-state index contributed by atoms with van der Waals surface area (Å²) < 4.78 is 5.26. The highest BCUT2D eigenvalue weighted by Gasteiger charge is 2.22. The van der Waals surface area contributed by atoms with Crippen LogP contribution in [0, 0.1) is 0 Å². The Labute approximate surface area is 122 Å². The molecule has 0 aliphatic carbocycles. The number of nitrogens with zero attached hydrogens (tertiary/aromatic N) is 3. The number of aliphatic hydroxyl groups is 1. The van der Waals surface area contributed by atoms with Gasteiger partial charge in [0.25, 0.3) is 0 Å². The molecule has 1 aromatic carbocycles. The third-order valence-corrected chi connectivity index (χ3v) is 3.59. The van der Waals surface area contributed by atoms with Crippen molar-refractivity contribution in [3.8, 4) is 0 Å². The van der Waals surface area contributed by atoms with Gasteiger partial charge in [-0.2, -0.15) is 4.98 Å². The SMILES string of the molecule is CCC(c1nc(Cc2nc3ccccc3[nH]2)no1)C(C)O. The largest absolute Gasteiger partial charge is 0.393 e. The number of aromatic nitrogens is 4. The van der Waals surface area contributed by atoms with Gasteiger partial charge in [-0.05, 0) is 25.5 Å². The van der Waals surface area contributed by atoms with Crippen LogP contribution in [-0.2, 0) is 6.42 Å². The molecule has 2 heterocycles.